The number of aromatic nitrogens is 2. The summed E-state index contributed by atoms with van der Waals surface area (Å²) in [5.41, 5.74) is 1.15. The van der Waals surface area contributed by atoms with Crippen molar-refractivity contribution in [1.82, 2.24) is 15.3 Å². The summed E-state index contributed by atoms with van der Waals surface area (Å²) < 4.78 is 5.70. The zero-order valence-corrected chi connectivity index (χ0v) is 12.2. The summed E-state index contributed by atoms with van der Waals surface area (Å²) in [4.78, 5) is 8.84. The Balaban J connectivity index is 1.51. The van der Waals surface area contributed by atoms with Crippen LogP contribution in [-0.2, 0) is 13.0 Å². The van der Waals surface area contributed by atoms with Crippen molar-refractivity contribution in [2.75, 3.05) is 13.1 Å². The van der Waals surface area contributed by atoms with Gasteiger partial charge in [0.15, 0.2) is 5.75 Å². The molecule has 2 aromatic rings. The molecule has 0 bridgehead atoms. The Labute approximate surface area is 125 Å². The first-order valence-electron chi connectivity index (χ1n) is 7.58. The fraction of sp³-hybridized carbons (Fsp3) is 0.412. The van der Waals surface area contributed by atoms with Crippen molar-refractivity contribution in [2.45, 2.75) is 25.9 Å². The van der Waals surface area contributed by atoms with E-state index >= 15 is 0 Å². The van der Waals surface area contributed by atoms with Gasteiger partial charge in [0.1, 0.15) is 12.4 Å². The standard InChI is InChI=1S/C17H21N3O/c1-2-5-14(6-3-1)13-21-16-11-19-17(20-12-16)9-15-7-4-8-18-10-15/h1-3,5-6,11-12,15,18H,4,7-10,13H2. The highest BCUT2D eigenvalue weighted by molar-refractivity contribution is 5.17. The molecule has 1 aromatic carbocycles. The van der Waals surface area contributed by atoms with Gasteiger partial charge in [-0.15, -0.1) is 0 Å². The Morgan fingerprint density at radius 1 is 1.14 bits per heavy atom. The molecule has 3 rings (SSSR count). The number of rotatable bonds is 5. The van der Waals surface area contributed by atoms with Crippen LogP contribution in [0.4, 0.5) is 0 Å². The second-order valence-corrected chi connectivity index (χ2v) is 5.53. The van der Waals surface area contributed by atoms with Crippen molar-refractivity contribution >= 4 is 0 Å². The Morgan fingerprint density at radius 2 is 1.95 bits per heavy atom. The lowest BCUT2D eigenvalue weighted by atomic mass is 9.96. The predicted octanol–water partition coefficient (Wildman–Crippen LogP) is 2.60. The van der Waals surface area contributed by atoms with Gasteiger partial charge in [-0.2, -0.15) is 0 Å². The van der Waals surface area contributed by atoms with Crippen LogP contribution in [0, 0.1) is 5.92 Å². The second kappa shape index (κ2) is 7.18. The Hall–Kier alpha value is -1.94. The van der Waals surface area contributed by atoms with E-state index in [1.807, 2.05) is 30.3 Å². The van der Waals surface area contributed by atoms with Crippen molar-refractivity contribution in [3.05, 3.63) is 54.1 Å². The molecule has 1 unspecified atom stereocenters. The summed E-state index contributed by atoms with van der Waals surface area (Å²) in [5.74, 6) is 2.30. The van der Waals surface area contributed by atoms with Gasteiger partial charge in [-0.1, -0.05) is 30.3 Å². The number of hydrogen-bond acceptors (Lipinski definition) is 4. The van der Waals surface area contributed by atoms with E-state index in [0.717, 1.165) is 36.6 Å². The average Bonchev–Trinajstić information content (AvgIpc) is 2.56. The van der Waals surface area contributed by atoms with Gasteiger partial charge in [-0.05, 0) is 37.4 Å². The molecule has 0 spiro atoms. The third-order valence-corrected chi connectivity index (χ3v) is 3.80. The van der Waals surface area contributed by atoms with Gasteiger partial charge in [0.25, 0.3) is 0 Å². The van der Waals surface area contributed by atoms with E-state index in [1.54, 1.807) is 12.4 Å². The molecule has 0 saturated carbocycles. The summed E-state index contributed by atoms with van der Waals surface area (Å²) in [6.45, 7) is 2.77. The first-order chi connectivity index (χ1) is 10.4. The molecule has 1 aliphatic heterocycles. The largest absolute Gasteiger partial charge is 0.486 e. The van der Waals surface area contributed by atoms with Crippen molar-refractivity contribution in [3.8, 4) is 5.75 Å². The molecule has 0 aliphatic carbocycles. The minimum atomic E-state index is 0.552. The van der Waals surface area contributed by atoms with Gasteiger partial charge in [-0.3, -0.25) is 0 Å². The summed E-state index contributed by atoms with van der Waals surface area (Å²) in [6, 6.07) is 10.1. The molecule has 1 atom stereocenters. The van der Waals surface area contributed by atoms with Crippen LogP contribution in [0.25, 0.3) is 0 Å². The Kier molecular flexibility index (Phi) is 4.79. The number of nitrogens with zero attached hydrogens (tertiary/aromatic N) is 2. The number of nitrogens with one attached hydrogen (secondary N) is 1. The highest BCUT2D eigenvalue weighted by Gasteiger charge is 2.14. The molecule has 4 nitrogen and oxygen atoms in total. The molecule has 2 heterocycles. The normalized spacial score (nSPS) is 18.4. The Morgan fingerprint density at radius 3 is 2.67 bits per heavy atom. The first kappa shape index (κ1) is 14.0. The van der Waals surface area contributed by atoms with Gasteiger partial charge >= 0.3 is 0 Å². The first-order valence-corrected chi connectivity index (χ1v) is 7.58. The molecule has 110 valence electrons. The number of piperidine rings is 1. The third kappa shape index (κ3) is 4.26. The van der Waals surface area contributed by atoms with Crippen LogP contribution < -0.4 is 10.1 Å². The molecule has 0 amide bonds. The van der Waals surface area contributed by atoms with Crippen LogP contribution in [-0.4, -0.2) is 23.1 Å². The topological polar surface area (TPSA) is 47.0 Å². The zero-order valence-electron chi connectivity index (χ0n) is 12.2. The second-order valence-electron chi connectivity index (χ2n) is 5.53. The summed E-state index contributed by atoms with van der Waals surface area (Å²) in [7, 11) is 0. The molecule has 1 N–H and O–H groups in total. The molecule has 1 saturated heterocycles. The quantitative estimate of drug-likeness (QED) is 0.916. The monoisotopic (exact) mass is 283 g/mol. The van der Waals surface area contributed by atoms with Gasteiger partial charge < -0.3 is 10.1 Å². The van der Waals surface area contributed by atoms with Crippen molar-refractivity contribution in [3.63, 3.8) is 0 Å². The Bertz CT molecular complexity index is 536. The molecule has 0 radical (unpaired) electrons. The van der Waals surface area contributed by atoms with Gasteiger partial charge in [0, 0.05) is 6.42 Å². The zero-order chi connectivity index (χ0) is 14.3. The highest BCUT2D eigenvalue weighted by Crippen LogP contribution is 2.15. The molecular weight excluding hydrogens is 262 g/mol. The van der Waals surface area contributed by atoms with E-state index < -0.39 is 0 Å². The summed E-state index contributed by atoms with van der Waals surface area (Å²) >= 11 is 0. The van der Waals surface area contributed by atoms with Crippen LogP contribution in [0.5, 0.6) is 5.75 Å². The smallest absolute Gasteiger partial charge is 0.156 e. The van der Waals surface area contributed by atoms with Gasteiger partial charge in [-0.25, -0.2) is 9.97 Å². The average molecular weight is 283 g/mol. The van der Waals surface area contributed by atoms with Crippen LogP contribution in [0.1, 0.15) is 24.2 Å². The van der Waals surface area contributed by atoms with Crippen molar-refractivity contribution in [2.24, 2.45) is 5.92 Å². The maximum atomic E-state index is 5.70. The third-order valence-electron chi connectivity index (χ3n) is 3.80. The molecular formula is C17H21N3O. The van der Waals surface area contributed by atoms with E-state index in [2.05, 4.69) is 15.3 Å². The van der Waals surface area contributed by atoms with Crippen LogP contribution in [0.15, 0.2) is 42.7 Å². The molecule has 4 heteroatoms. The fourth-order valence-corrected chi connectivity index (χ4v) is 2.62. The lowest BCUT2D eigenvalue weighted by Gasteiger charge is -2.21. The lowest BCUT2D eigenvalue weighted by Crippen LogP contribution is -2.31. The van der Waals surface area contributed by atoms with E-state index in [9.17, 15) is 0 Å². The van der Waals surface area contributed by atoms with Crippen LogP contribution in [0.2, 0.25) is 0 Å². The molecule has 1 fully saturated rings. The number of hydrogen-bond donors (Lipinski definition) is 1. The predicted molar refractivity (Wildman–Crippen MR) is 82.1 cm³/mol. The molecule has 1 aromatic heterocycles. The van der Waals surface area contributed by atoms with Gasteiger partial charge in [0.05, 0.1) is 12.4 Å². The fourth-order valence-electron chi connectivity index (χ4n) is 2.62. The summed E-state index contributed by atoms with van der Waals surface area (Å²) in [6.07, 6.45) is 7.03. The van der Waals surface area contributed by atoms with E-state index in [0.29, 0.717) is 12.5 Å². The maximum absolute atomic E-state index is 5.70. The van der Waals surface area contributed by atoms with Crippen molar-refractivity contribution < 1.29 is 4.74 Å². The van der Waals surface area contributed by atoms with E-state index in [-0.39, 0.29) is 0 Å². The minimum absolute atomic E-state index is 0.552. The molecule has 1 aliphatic rings. The lowest BCUT2D eigenvalue weighted by molar-refractivity contribution is 0.302. The van der Waals surface area contributed by atoms with Crippen LogP contribution >= 0.6 is 0 Å². The maximum Gasteiger partial charge on any atom is 0.156 e. The minimum Gasteiger partial charge on any atom is -0.486 e. The highest BCUT2D eigenvalue weighted by atomic mass is 16.5. The van der Waals surface area contributed by atoms with E-state index in [1.165, 1.54) is 12.8 Å². The van der Waals surface area contributed by atoms with Crippen molar-refractivity contribution in [1.29, 1.82) is 0 Å². The van der Waals surface area contributed by atoms with Gasteiger partial charge in [0.2, 0.25) is 0 Å². The van der Waals surface area contributed by atoms with Crippen LogP contribution in [0.3, 0.4) is 0 Å². The SMILES string of the molecule is c1ccc(COc2cnc(CC3CCCNC3)nc2)cc1. The number of ether oxygens (including phenoxy) is 1. The number of benzene rings is 1. The molecule has 21 heavy (non-hydrogen) atoms. The van der Waals surface area contributed by atoms with E-state index in [4.69, 9.17) is 4.74 Å². The summed E-state index contributed by atoms with van der Waals surface area (Å²) in [5, 5.41) is 3.42.